The molecule has 0 unspecified atom stereocenters. The third-order valence-corrected chi connectivity index (χ3v) is 3.08. The number of fused-ring (bicyclic) bond motifs is 1. The van der Waals surface area contributed by atoms with Crippen LogP contribution in [-0.4, -0.2) is 17.4 Å². The molecule has 1 heterocycles. The Morgan fingerprint density at radius 3 is 2.92 bits per heavy atom. The van der Waals surface area contributed by atoms with Gasteiger partial charge in [0, 0.05) is 24.3 Å². The Balaban J connectivity index is 2.32. The molecule has 0 amide bonds. The highest BCUT2D eigenvalue weighted by molar-refractivity contribution is 5.94. The first-order valence-corrected chi connectivity index (χ1v) is 4.47. The highest BCUT2D eigenvalue weighted by Gasteiger charge is 2.51. The summed E-state index contributed by atoms with van der Waals surface area (Å²) in [7, 11) is 0. The Labute approximate surface area is 76.8 Å². The molecule has 2 atom stereocenters. The molecule has 0 aromatic carbocycles. The van der Waals surface area contributed by atoms with Crippen LogP contribution < -0.4 is 0 Å². The molecule has 0 aromatic rings. The summed E-state index contributed by atoms with van der Waals surface area (Å²) in [4.78, 5) is 22.4. The minimum absolute atomic E-state index is 0.0822. The maximum Gasteiger partial charge on any atom is 0.334 e. The summed E-state index contributed by atoms with van der Waals surface area (Å²) in [5.74, 6) is -0.203. The molecule has 0 radical (unpaired) electrons. The van der Waals surface area contributed by atoms with Crippen LogP contribution in [0.2, 0.25) is 0 Å². The lowest BCUT2D eigenvalue weighted by molar-refractivity contribution is -0.150. The molecular formula is C10H12O3. The molecule has 2 aliphatic rings. The SMILES string of the molecule is C=C1C(=O)O[C@]2(C)CCC(=O)C[C@H]12. The lowest BCUT2D eigenvalue weighted by atomic mass is 9.74. The van der Waals surface area contributed by atoms with Gasteiger partial charge in [-0.3, -0.25) is 4.79 Å². The van der Waals surface area contributed by atoms with E-state index in [0.717, 1.165) is 0 Å². The van der Waals surface area contributed by atoms with E-state index in [9.17, 15) is 9.59 Å². The molecule has 70 valence electrons. The molecule has 1 saturated heterocycles. The van der Waals surface area contributed by atoms with Crippen molar-refractivity contribution in [3.05, 3.63) is 12.2 Å². The largest absolute Gasteiger partial charge is 0.455 e. The first-order valence-electron chi connectivity index (χ1n) is 4.47. The van der Waals surface area contributed by atoms with Gasteiger partial charge >= 0.3 is 5.97 Å². The quantitative estimate of drug-likeness (QED) is 0.416. The normalized spacial score (nSPS) is 38.8. The maximum atomic E-state index is 11.2. The minimum atomic E-state index is -0.456. The Bertz CT molecular complexity index is 305. The average molecular weight is 180 g/mol. The topological polar surface area (TPSA) is 43.4 Å². The van der Waals surface area contributed by atoms with Crippen molar-refractivity contribution in [1.82, 2.24) is 0 Å². The number of hydrogen-bond acceptors (Lipinski definition) is 3. The van der Waals surface area contributed by atoms with Crippen molar-refractivity contribution < 1.29 is 14.3 Å². The van der Waals surface area contributed by atoms with E-state index in [4.69, 9.17) is 4.74 Å². The summed E-state index contributed by atoms with van der Waals surface area (Å²) in [5, 5.41) is 0. The number of carbonyl (C=O) groups excluding carboxylic acids is 2. The Hall–Kier alpha value is -1.12. The predicted octanol–water partition coefficient (Wildman–Crippen LogP) is 1.23. The number of rotatable bonds is 0. The van der Waals surface area contributed by atoms with E-state index in [1.807, 2.05) is 6.92 Å². The van der Waals surface area contributed by atoms with Gasteiger partial charge in [0.2, 0.25) is 0 Å². The lowest BCUT2D eigenvalue weighted by Gasteiger charge is -2.32. The fraction of sp³-hybridized carbons (Fsp3) is 0.600. The first-order chi connectivity index (χ1) is 6.03. The van der Waals surface area contributed by atoms with Crippen molar-refractivity contribution in [2.75, 3.05) is 0 Å². The third kappa shape index (κ3) is 1.10. The fourth-order valence-corrected chi connectivity index (χ4v) is 2.14. The van der Waals surface area contributed by atoms with Crippen LogP contribution in [0.4, 0.5) is 0 Å². The molecule has 1 aliphatic heterocycles. The second kappa shape index (κ2) is 2.44. The summed E-state index contributed by atoms with van der Waals surface area (Å²) in [6.45, 7) is 5.56. The molecule has 0 spiro atoms. The van der Waals surface area contributed by atoms with E-state index < -0.39 is 5.60 Å². The van der Waals surface area contributed by atoms with Gasteiger partial charge in [-0.1, -0.05) is 6.58 Å². The highest BCUT2D eigenvalue weighted by Crippen LogP contribution is 2.44. The van der Waals surface area contributed by atoms with Gasteiger partial charge in [-0.15, -0.1) is 0 Å². The van der Waals surface area contributed by atoms with E-state index >= 15 is 0 Å². The second-order valence-corrected chi connectivity index (χ2v) is 4.02. The molecule has 3 nitrogen and oxygen atoms in total. The molecule has 2 rings (SSSR count). The van der Waals surface area contributed by atoms with Gasteiger partial charge < -0.3 is 4.74 Å². The fourth-order valence-electron chi connectivity index (χ4n) is 2.14. The summed E-state index contributed by atoms with van der Waals surface area (Å²) in [6, 6.07) is 0. The Morgan fingerprint density at radius 2 is 2.23 bits per heavy atom. The van der Waals surface area contributed by atoms with Gasteiger partial charge in [0.25, 0.3) is 0 Å². The number of Topliss-reactive ketones (excluding diaryl/α,β-unsaturated/α-hetero) is 1. The standard InChI is InChI=1S/C10H12O3/c1-6-8-5-7(11)3-4-10(8,2)13-9(6)12/h8H,1,3-5H2,2H3/t8-,10-/m1/s1. The summed E-state index contributed by atoms with van der Waals surface area (Å²) < 4.78 is 5.22. The van der Waals surface area contributed by atoms with Gasteiger partial charge in [0.05, 0.1) is 0 Å². The molecule has 1 aliphatic carbocycles. The van der Waals surface area contributed by atoms with Gasteiger partial charge in [0.15, 0.2) is 0 Å². The van der Waals surface area contributed by atoms with Crippen molar-refractivity contribution in [2.24, 2.45) is 5.92 Å². The van der Waals surface area contributed by atoms with Gasteiger partial charge in [-0.05, 0) is 13.3 Å². The molecule has 0 aromatic heterocycles. The van der Waals surface area contributed by atoms with Crippen molar-refractivity contribution in [2.45, 2.75) is 31.8 Å². The smallest absolute Gasteiger partial charge is 0.334 e. The molecular weight excluding hydrogens is 168 g/mol. The zero-order chi connectivity index (χ0) is 9.64. The van der Waals surface area contributed by atoms with Crippen LogP contribution in [0.5, 0.6) is 0 Å². The van der Waals surface area contributed by atoms with E-state index in [1.54, 1.807) is 0 Å². The van der Waals surface area contributed by atoms with Crippen LogP contribution in [0.15, 0.2) is 12.2 Å². The zero-order valence-electron chi connectivity index (χ0n) is 7.63. The molecule has 2 fully saturated rings. The summed E-state index contributed by atoms with van der Waals surface area (Å²) in [6.07, 6.45) is 1.58. The van der Waals surface area contributed by atoms with Crippen LogP contribution in [0.25, 0.3) is 0 Å². The van der Waals surface area contributed by atoms with Crippen LogP contribution in [-0.2, 0) is 14.3 Å². The predicted molar refractivity (Wildman–Crippen MR) is 46.0 cm³/mol. The van der Waals surface area contributed by atoms with Crippen molar-refractivity contribution in [3.63, 3.8) is 0 Å². The Morgan fingerprint density at radius 1 is 1.54 bits per heavy atom. The van der Waals surface area contributed by atoms with Crippen molar-refractivity contribution >= 4 is 11.8 Å². The van der Waals surface area contributed by atoms with E-state index in [2.05, 4.69) is 6.58 Å². The minimum Gasteiger partial charge on any atom is -0.455 e. The van der Waals surface area contributed by atoms with Gasteiger partial charge in [-0.25, -0.2) is 4.79 Å². The van der Waals surface area contributed by atoms with Crippen LogP contribution in [0, 0.1) is 5.92 Å². The number of ketones is 1. The van der Waals surface area contributed by atoms with Gasteiger partial charge in [0.1, 0.15) is 11.4 Å². The monoisotopic (exact) mass is 180 g/mol. The average Bonchev–Trinajstić information content (AvgIpc) is 2.28. The summed E-state index contributed by atoms with van der Waals surface area (Å²) >= 11 is 0. The number of ether oxygens (including phenoxy) is 1. The van der Waals surface area contributed by atoms with Crippen molar-refractivity contribution in [1.29, 1.82) is 0 Å². The number of carbonyl (C=O) groups is 2. The van der Waals surface area contributed by atoms with E-state index in [1.165, 1.54) is 0 Å². The first kappa shape index (κ1) is 8.48. The molecule has 3 heteroatoms. The second-order valence-electron chi connectivity index (χ2n) is 4.02. The number of esters is 1. The molecule has 0 N–H and O–H groups in total. The lowest BCUT2D eigenvalue weighted by Crippen LogP contribution is -2.38. The Kier molecular flexibility index (Phi) is 1.59. The third-order valence-electron chi connectivity index (χ3n) is 3.08. The molecule has 0 bridgehead atoms. The highest BCUT2D eigenvalue weighted by atomic mass is 16.6. The van der Waals surface area contributed by atoms with Crippen LogP contribution in [0.3, 0.4) is 0 Å². The maximum absolute atomic E-state index is 11.2. The number of hydrogen-bond donors (Lipinski definition) is 0. The molecule has 1 saturated carbocycles. The zero-order valence-corrected chi connectivity index (χ0v) is 7.63. The van der Waals surface area contributed by atoms with Gasteiger partial charge in [-0.2, -0.15) is 0 Å². The van der Waals surface area contributed by atoms with Crippen molar-refractivity contribution in [3.8, 4) is 0 Å². The van der Waals surface area contributed by atoms with Crippen LogP contribution >= 0.6 is 0 Å². The van der Waals surface area contributed by atoms with Crippen LogP contribution in [0.1, 0.15) is 26.2 Å². The van der Waals surface area contributed by atoms with E-state index in [0.29, 0.717) is 24.8 Å². The summed E-state index contributed by atoms with van der Waals surface area (Å²) in [5.41, 5.74) is 0.0118. The van der Waals surface area contributed by atoms with E-state index in [-0.39, 0.29) is 17.7 Å². The molecule has 13 heavy (non-hydrogen) atoms.